The van der Waals surface area contributed by atoms with Crippen molar-refractivity contribution in [3.05, 3.63) is 12.4 Å². The van der Waals surface area contributed by atoms with Crippen LogP contribution in [-0.4, -0.2) is 41.5 Å². The van der Waals surface area contributed by atoms with Gasteiger partial charge in [0.15, 0.2) is 0 Å². The number of rotatable bonds is 5. The van der Waals surface area contributed by atoms with Crippen LogP contribution in [0.1, 0.15) is 44.6 Å². The average molecular weight is 292 g/mol. The Hall–Kier alpha value is -1.40. The van der Waals surface area contributed by atoms with Crippen molar-refractivity contribution in [2.24, 2.45) is 0 Å². The summed E-state index contributed by atoms with van der Waals surface area (Å²) in [5.41, 5.74) is 0.555. The van der Waals surface area contributed by atoms with Crippen LogP contribution in [0.15, 0.2) is 12.4 Å². The summed E-state index contributed by atoms with van der Waals surface area (Å²) >= 11 is 0. The highest BCUT2D eigenvalue weighted by atomic mass is 16.5. The molecule has 2 N–H and O–H groups in total. The maximum atomic E-state index is 12.1. The molecular weight excluding hydrogens is 268 g/mol. The Morgan fingerprint density at radius 1 is 1.52 bits per heavy atom. The molecule has 6 heteroatoms. The van der Waals surface area contributed by atoms with Gasteiger partial charge in [-0.25, -0.2) is 0 Å². The molecule has 1 saturated heterocycles. The highest BCUT2D eigenvalue weighted by Crippen LogP contribution is 2.38. The van der Waals surface area contributed by atoms with Crippen molar-refractivity contribution in [2.45, 2.75) is 50.2 Å². The van der Waals surface area contributed by atoms with Gasteiger partial charge in [-0.15, -0.1) is 0 Å². The second-order valence-corrected chi connectivity index (χ2v) is 6.16. The maximum Gasteiger partial charge on any atom is 0.227 e. The van der Waals surface area contributed by atoms with E-state index in [0.717, 1.165) is 50.9 Å². The van der Waals surface area contributed by atoms with E-state index in [1.54, 1.807) is 13.3 Å². The molecular formula is C15H24N4O2. The molecule has 2 heterocycles. The predicted octanol–water partition coefficient (Wildman–Crippen LogP) is 1.71. The summed E-state index contributed by atoms with van der Waals surface area (Å²) in [4.78, 5) is 12.1. The second kappa shape index (κ2) is 6.15. The standard InChI is InChI=1S/C15H24N4O2/c1-21-15(5-2-6-15)9-14(20)18-12-10-17-19(11-12)13-3-7-16-8-4-13/h10-11,13,16H,2-9H2,1H3,(H,18,20). The van der Waals surface area contributed by atoms with E-state index >= 15 is 0 Å². The van der Waals surface area contributed by atoms with E-state index in [1.807, 2.05) is 10.9 Å². The van der Waals surface area contributed by atoms with Gasteiger partial charge in [0.2, 0.25) is 5.91 Å². The highest BCUT2D eigenvalue weighted by Gasteiger charge is 2.39. The van der Waals surface area contributed by atoms with Crippen molar-refractivity contribution in [1.82, 2.24) is 15.1 Å². The lowest BCUT2D eigenvalue weighted by molar-refractivity contribution is -0.129. The van der Waals surface area contributed by atoms with Crippen LogP contribution in [0.5, 0.6) is 0 Å². The molecule has 3 rings (SSSR count). The first-order valence-corrected chi connectivity index (χ1v) is 7.81. The molecule has 1 aliphatic carbocycles. The van der Waals surface area contributed by atoms with Crippen molar-refractivity contribution in [3.63, 3.8) is 0 Å². The van der Waals surface area contributed by atoms with E-state index in [-0.39, 0.29) is 11.5 Å². The van der Waals surface area contributed by atoms with Gasteiger partial charge in [-0.05, 0) is 45.2 Å². The number of ether oxygens (including phenoxy) is 1. The van der Waals surface area contributed by atoms with Crippen LogP contribution in [0.25, 0.3) is 0 Å². The zero-order valence-electron chi connectivity index (χ0n) is 12.6. The summed E-state index contributed by atoms with van der Waals surface area (Å²) in [6.07, 6.45) is 9.38. The average Bonchev–Trinajstić information content (AvgIpc) is 2.92. The third-order valence-electron chi connectivity index (χ3n) is 4.75. The fourth-order valence-corrected chi connectivity index (χ4v) is 3.20. The molecule has 21 heavy (non-hydrogen) atoms. The number of hydrogen-bond acceptors (Lipinski definition) is 4. The van der Waals surface area contributed by atoms with E-state index in [2.05, 4.69) is 15.7 Å². The zero-order chi connectivity index (χ0) is 14.7. The topological polar surface area (TPSA) is 68.2 Å². The van der Waals surface area contributed by atoms with E-state index in [1.165, 1.54) is 0 Å². The van der Waals surface area contributed by atoms with Gasteiger partial charge in [0, 0.05) is 13.3 Å². The quantitative estimate of drug-likeness (QED) is 0.867. The van der Waals surface area contributed by atoms with Crippen molar-refractivity contribution >= 4 is 11.6 Å². The second-order valence-electron chi connectivity index (χ2n) is 6.16. The number of hydrogen-bond donors (Lipinski definition) is 2. The summed E-state index contributed by atoms with van der Waals surface area (Å²) in [6.45, 7) is 2.06. The van der Waals surface area contributed by atoms with Crippen molar-refractivity contribution < 1.29 is 9.53 Å². The molecule has 1 saturated carbocycles. The first kappa shape index (κ1) is 14.5. The third-order valence-corrected chi connectivity index (χ3v) is 4.75. The number of nitrogens with one attached hydrogen (secondary N) is 2. The van der Waals surface area contributed by atoms with Crippen LogP contribution in [-0.2, 0) is 9.53 Å². The first-order chi connectivity index (χ1) is 10.2. The Bertz CT molecular complexity index is 484. The number of piperidine rings is 1. The minimum Gasteiger partial charge on any atom is -0.378 e. The van der Waals surface area contributed by atoms with Gasteiger partial charge in [0.25, 0.3) is 0 Å². The van der Waals surface area contributed by atoms with E-state index in [4.69, 9.17) is 4.74 Å². The molecule has 0 aromatic carbocycles. The lowest BCUT2D eigenvalue weighted by atomic mass is 9.77. The zero-order valence-corrected chi connectivity index (χ0v) is 12.6. The molecule has 0 atom stereocenters. The predicted molar refractivity (Wildman–Crippen MR) is 80.2 cm³/mol. The van der Waals surface area contributed by atoms with Crippen molar-refractivity contribution in [3.8, 4) is 0 Å². The van der Waals surface area contributed by atoms with Crippen LogP contribution >= 0.6 is 0 Å². The van der Waals surface area contributed by atoms with Gasteiger partial charge >= 0.3 is 0 Å². The van der Waals surface area contributed by atoms with E-state index < -0.39 is 0 Å². The van der Waals surface area contributed by atoms with Gasteiger partial charge in [0.1, 0.15) is 0 Å². The molecule has 6 nitrogen and oxygen atoms in total. The van der Waals surface area contributed by atoms with Crippen LogP contribution in [0, 0.1) is 0 Å². The monoisotopic (exact) mass is 292 g/mol. The summed E-state index contributed by atoms with van der Waals surface area (Å²) in [6, 6.07) is 0.439. The molecule has 116 valence electrons. The van der Waals surface area contributed by atoms with Crippen LogP contribution in [0.2, 0.25) is 0 Å². The molecule has 0 radical (unpaired) electrons. The molecule has 1 aliphatic heterocycles. The number of aromatic nitrogens is 2. The molecule has 1 amide bonds. The van der Waals surface area contributed by atoms with E-state index in [0.29, 0.717) is 12.5 Å². The summed E-state index contributed by atoms with van der Waals surface area (Å²) in [7, 11) is 1.70. The molecule has 1 aromatic heterocycles. The SMILES string of the molecule is COC1(CC(=O)Nc2cnn(C3CCNCC3)c2)CCC1. The number of anilines is 1. The van der Waals surface area contributed by atoms with Crippen LogP contribution in [0.4, 0.5) is 5.69 Å². The lowest BCUT2D eigenvalue weighted by Gasteiger charge is -2.39. The molecule has 1 aromatic rings. The van der Waals surface area contributed by atoms with Crippen molar-refractivity contribution in [1.29, 1.82) is 0 Å². The Labute approximate surface area is 125 Å². The summed E-state index contributed by atoms with van der Waals surface area (Å²) in [5.74, 6) is 0.0152. The molecule has 0 bridgehead atoms. The van der Waals surface area contributed by atoms with E-state index in [9.17, 15) is 4.79 Å². The van der Waals surface area contributed by atoms with Crippen LogP contribution in [0.3, 0.4) is 0 Å². The number of carbonyl (C=O) groups excluding carboxylic acids is 1. The smallest absolute Gasteiger partial charge is 0.227 e. The van der Waals surface area contributed by atoms with Gasteiger partial charge in [-0.1, -0.05) is 0 Å². The Balaban J connectivity index is 1.55. The van der Waals surface area contributed by atoms with Gasteiger partial charge in [-0.3, -0.25) is 9.48 Å². The number of amides is 1. The first-order valence-electron chi connectivity index (χ1n) is 7.81. The molecule has 2 aliphatic rings. The van der Waals surface area contributed by atoms with Crippen molar-refractivity contribution in [2.75, 3.05) is 25.5 Å². The summed E-state index contributed by atoms with van der Waals surface area (Å²) < 4.78 is 7.47. The highest BCUT2D eigenvalue weighted by molar-refractivity contribution is 5.91. The van der Waals surface area contributed by atoms with Gasteiger partial charge in [0.05, 0.1) is 29.9 Å². The number of methoxy groups -OCH3 is 1. The molecule has 2 fully saturated rings. The Morgan fingerprint density at radius 3 is 2.90 bits per heavy atom. The van der Waals surface area contributed by atoms with Gasteiger partial charge in [-0.2, -0.15) is 5.10 Å². The maximum absolute atomic E-state index is 12.1. The normalized spacial score (nSPS) is 21.8. The fraction of sp³-hybridized carbons (Fsp3) is 0.733. The minimum atomic E-state index is -0.227. The van der Waals surface area contributed by atoms with Gasteiger partial charge < -0.3 is 15.4 Å². The molecule has 0 spiro atoms. The Kier molecular flexibility index (Phi) is 4.26. The number of nitrogens with zero attached hydrogens (tertiary/aromatic N) is 2. The third kappa shape index (κ3) is 3.27. The minimum absolute atomic E-state index is 0.0152. The summed E-state index contributed by atoms with van der Waals surface area (Å²) in [5, 5.41) is 10.7. The largest absolute Gasteiger partial charge is 0.378 e. The lowest BCUT2D eigenvalue weighted by Crippen LogP contribution is -2.42. The van der Waals surface area contributed by atoms with Crippen LogP contribution < -0.4 is 10.6 Å². The number of carbonyl (C=O) groups is 1. The molecule has 0 unspecified atom stereocenters. The fourth-order valence-electron chi connectivity index (χ4n) is 3.20. The Morgan fingerprint density at radius 2 is 2.29 bits per heavy atom.